The van der Waals surface area contributed by atoms with Crippen LogP contribution in [0.25, 0.3) is 22.9 Å². The van der Waals surface area contributed by atoms with Crippen molar-refractivity contribution >= 4 is 23.0 Å². The van der Waals surface area contributed by atoms with Gasteiger partial charge in [-0.2, -0.15) is 5.26 Å². The van der Waals surface area contributed by atoms with Gasteiger partial charge in [0, 0.05) is 35.0 Å². The van der Waals surface area contributed by atoms with Gasteiger partial charge in [-0.1, -0.05) is 0 Å². The highest BCUT2D eigenvalue weighted by Gasteiger charge is 2.10. The van der Waals surface area contributed by atoms with Gasteiger partial charge in [-0.25, -0.2) is 13.8 Å². The van der Waals surface area contributed by atoms with Gasteiger partial charge in [-0.15, -0.1) is 11.3 Å². The first-order valence-corrected chi connectivity index (χ1v) is 7.48. The molecular formula is C17H9F2N3S. The smallest absolute Gasteiger partial charge is 0.134 e. The van der Waals surface area contributed by atoms with Crippen molar-refractivity contribution in [3.63, 3.8) is 0 Å². The van der Waals surface area contributed by atoms with E-state index >= 15 is 0 Å². The van der Waals surface area contributed by atoms with Gasteiger partial charge in [0.05, 0.1) is 11.3 Å². The Morgan fingerprint density at radius 3 is 2.65 bits per heavy atom. The number of hydrogen-bond donors (Lipinski definition) is 0. The summed E-state index contributed by atoms with van der Waals surface area (Å²) in [6, 6.07) is 8.86. The lowest BCUT2D eigenvalue weighted by Crippen LogP contribution is -1.87. The Bertz CT molecular complexity index is 911. The topological polar surface area (TPSA) is 49.6 Å². The summed E-state index contributed by atoms with van der Waals surface area (Å²) >= 11 is 1.29. The Hall–Kier alpha value is -2.91. The molecule has 0 saturated heterocycles. The van der Waals surface area contributed by atoms with Crippen LogP contribution in [0, 0.1) is 23.0 Å². The molecule has 2 heterocycles. The molecule has 2 aromatic heterocycles. The van der Waals surface area contributed by atoms with Crippen LogP contribution in [0.4, 0.5) is 8.78 Å². The number of pyridine rings is 1. The molecule has 0 radical (unpaired) electrons. The maximum absolute atomic E-state index is 13.7. The predicted octanol–water partition coefficient (Wildman–Crippen LogP) is 4.55. The monoisotopic (exact) mass is 325 g/mol. The van der Waals surface area contributed by atoms with Crippen LogP contribution in [0.5, 0.6) is 0 Å². The second-order valence-electron chi connectivity index (χ2n) is 4.61. The maximum atomic E-state index is 13.7. The van der Waals surface area contributed by atoms with Crippen LogP contribution in [0.3, 0.4) is 0 Å². The summed E-state index contributed by atoms with van der Waals surface area (Å²) < 4.78 is 26.7. The molecule has 0 aliphatic carbocycles. The largest absolute Gasteiger partial charge is 0.265 e. The molecule has 0 unspecified atom stereocenters. The van der Waals surface area contributed by atoms with Crippen molar-refractivity contribution < 1.29 is 8.78 Å². The number of allylic oxidation sites excluding steroid dienone is 1. The Kier molecular flexibility index (Phi) is 4.22. The fourth-order valence-corrected chi connectivity index (χ4v) is 2.76. The van der Waals surface area contributed by atoms with Gasteiger partial charge in [0.15, 0.2) is 0 Å². The molecule has 0 amide bonds. The van der Waals surface area contributed by atoms with Gasteiger partial charge < -0.3 is 0 Å². The fraction of sp³-hybridized carbons (Fsp3) is 0. The first kappa shape index (κ1) is 15.0. The average Bonchev–Trinajstić information content (AvgIpc) is 3.05. The van der Waals surface area contributed by atoms with Gasteiger partial charge in [0.1, 0.15) is 22.7 Å². The van der Waals surface area contributed by atoms with Gasteiger partial charge in [0.2, 0.25) is 0 Å². The van der Waals surface area contributed by atoms with Crippen LogP contribution in [-0.4, -0.2) is 9.97 Å². The summed E-state index contributed by atoms with van der Waals surface area (Å²) in [5.41, 5.74) is 1.96. The van der Waals surface area contributed by atoms with Crippen LogP contribution in [0.15, 0.2) is 48.1 Å². The van der Waals surface area contributed by atoms with E-state index in [1.165, 1.54) is 23.5 Å². The average molecular weight is 325 g/mol. The van der Waals surface area contributed by atoms with E-state index in [4.69, 9.17) is 0 Å². The van der Waals surface area contributed by atoms with Gasteiger partial charge >= 0.3 is 0 Å². The second kappa shape index (κ2) is 6.46. The van der Waals surface area contributed by atoms with Crippen molar-refractivity contribution in [3.8, 4) is 17.3 Å². The molecule has 0 saturated carbocycles. The van der Waals surface area contributed by atoms with Crippen LogP contribution < -0.4 is 0 Å². The normalized spacial score (nSPS) is 11.3. The molecule has 0 fully saturated rings. The Morgan fingerprint density at radius 1 is 1.17 bits per heavy atom. The highest BCUT2D eigenvalue weighted by molar-refractivity contribution is 7.11. The van der Waals surface area contributed by atoms with Crippen LogP contribution >= 0.6 is 11.3 Å². The molecule has 0 bridgehead atoms. The number of benzene rings is 1. The van der Waals surface area contributed by atoms with E-state index in [1.54, 1.807) is 12.4 Å². The van der Waals surface area contributed by atoms with Gasteiger partial charge in [-0.3, -0.25) is 4.98 Å². The number of rotatable bonds is 3. The molecule has 0 N–H and O–H groups in total. The quantitative estimate of drug-likeness (QED) is 0.664. The fourth-order valence-electron chi connectivity index (χ4n) is 1.97. The van der Waals surface area contributed by atoms with E-state index < -0.39 is 11.6 Å². The zero-order valence-corrected chi connectivity index (χ0v) is 12.5. The van der Waals surface area contributed by atoms with Crippen molar-refractivity contribution in [3.05, 3.63) is 70.3 Å². The molecule has 0 aliphatic rings. The lowest BCUT2D eigenvalue weighted by molar-refractivity contribution is 0.581. The molecule has 0 aliphatic heterocycles. The zero-order valence-electron chi connectivity index (χ0n) is 11.7. The highest BCUT2D eigenvalue weighted by atomic mass is 32.1. The molecule has 23 heavy (non-hydrogen) atoms. The van der Waals surface area contributed by atoms with Crippen LogP contribution in [0.1, 0.15) is 10.6 Å². The van der Waals surface area contributed by atoms with E-state index in [9.17, 15) is 14.0 Å². The predicted molar refractivity (Wildman–Crippen MR) is 85.2 cm³/mol. The van der Waals surface area contributed by atoms with Crippen molar-refractivity contribution in [2.75, 3.05) is 0 Å². The minimum absolute atomic E-state index is 0.142. The van der Waals surface area contributed by atoms with Gasteiger partial charge in [0.25, 0.3) is 0 Å². The molecule has 6 heteroatoms. The molecule has 0 atom stereocenters. The third-order valence-corrected chi connectivity index (χ3v) is 3.97. The number of aromatic nitrogens is 2. The molecule has 3 aromatic rings. The molecular weight excluding hydrogens is 316 g/mol. The summed E-state index contributed by atoms with van der Waals surface area (Å²) in [5, 5.41) is 11.6. The minimum atomic E-state index is -0.719. The van der Waals surface area contributed by atoms with Crippen molar-refractivity contribution in [1.82, 2.24) is 9.97 Å². The summed E-state index contributed by atoms with van der Waals surface area (Å²) in [7, 11) is 0. The molecule has 0 spiro atoms. The lowest BCUT2D eigenvalue weighted by Gasteiger charge is -1.98. The summed E-state index contributed by atoms with van der Waals surface area (Å²) in [6.45, 7) is 0. The molecule has 3 rings (SSSR count). The number of nitrogens with zero attached hydrogens (tertiary/aromatic N) is 3. The number of hydrogen-bond acceptors (Lipinski definition) is 4. The number of halogens is 2. The third-order valence-electron chi connectivity index (χ3n) is 3.09. The first-order valence-electron chi connectivity index (χ1n) is 6.60. The van der Waals surface area contributed by atoms with E-state index in [1.807, 2.05) is 23.6 Å². The second-order valence-corrected chi connectivity index (χ2v) is 5.47. The summed E-state index contributed by atoms with van der Waals surface area (Å²) in [5.74, 6) is -1.38. The summed E-state index contributed by atoms with van der Waals surface area (Å²) in [6.07, 6.45) is 4.68. The number of thiazole rings is 1. The van der Waals surface area contributed by atoms with E-state index in [-0.39, 0.29) is 11.1 Å². The highest BCUT2D eigenvalue weighted by Crippen LogP contribution is 2.27. The van der Waals surface area contributed by atoms with Gasteiger partial charge in [-0.05, 0) is 30.3 Å². The Labute approximate surface area is 135 Å². The standard InChI is InChI=1S/C17H9F2N3S/c18-14-2-1-12(15(19)8-14)7-13(9-20)17-22-16(10-23-17)11-3-5-21-6-4-11/h1-8,10H/b13-7+. The van der Waals surface area contributed by atoms with E-state index in [2.05, 4.69) is 9.97 Å². The van der Waals surface area contributed by atoms with Crippen molar-refractivity contribution in [1.29, 1.82) is 5.26 Å². The number of nitriles is 1. The molecule has 1 aromatic carbocycles. The maximum Gasteiger partial charge on any atom is 0.134 e. The van der Waals surface area contributed by atoms with Crippen LogP contribution in [0.2, 0.25) is 0 Å². The van der Waals surface area contributed by atoms with E-state index in [0.717, 1.165) is 17.7 Å². The zero-order chi connectivity index (χ0) is 16.2. The Balaban J connectivity index is 1.97. The SMILES string of the molecule is N#C/C(=C\c1ccc(F)cc1F)c1nc(-c2ccncc2)cs1. The molecule has 3 nitrogen and oxygen atoms in total. The summed E-state index contributed by atoms with van der Waals surface area (Å²) in [4.78, 5) is 8.34. The third kappa shape index (κ3) is 3.30. The minimum Gasteiger partial charge on any atom is -0.265 e. The van der Waals surface area contributed by atoms with Crippen molar-refractivity contribution in [2.24, 2.45) is 0 Å². The van der Waals surface area contributed by atoms with E-state index in [0.29, 0.717) is 10.7 Å². The first-order chi connectivity index (χ1) is 11.2. The van der Waals surface area contributed by atoms with Crippen LogP contribution in [-0.2, 0) is 0 Å². The lowest BCUT2D eigenvalue weighted by atomic mass is 10.1. The van der Waals surface area contributed by atoms with Crippen molar-refractivity contribution in [2.45, 2.75) is 0 Å². The Morgan fingerprint density at radius 2 is 1.96 bits per heavy atom. The molecule has 112 valence electrons.